The number of rotatable bonds is 4. The van der Waals surface area contributed by atoms with E-state index >= 15 is 0 Å². The number of aromatic hydroxyl groups is 2. The summed E-state index contributed by atoms with van der Waals surface area (Å²) >= 11 is 0. The summed E-state index contributed by atoms with van der Waals surface area (Å²) in [5.74, 6) is -3.06. The minimum atomic E-state index is -1.52. The second-order valence-corrected chi connectivity index (χ2v) is 5.22. The molecule has 1 aliphatic carbocycles. The Labute approximate surface area is 136 Å². The molecular formula is C16H15O8-. The number of esters is 1. The number of hydrogen-bond donors (Lipinski definition) is 4. The average Bonchev–Trinajstić information content (AvgIpc) is 2.52. The molecule has 0 fully saturated rings. The molecule has 3 atom stereocenters. The van der Waals surface area contributed by atoms with Crippen LogP contribution in [0, 0.1) is 0 Å². The maximum Gasteiger partial charge on any atom is 0.331 e. The zero-order valence-corrected chi connectivity index (χ0v) is 12.3. The van der Waals surface area contributed by atoms with Crippen LogP contribution in [0.3, 0.4) is 0 Å². The Morgan fingerprint density at radius 3 is 2.54 bits per heavy atom. The van der Waals surface area contributed by atoms with Gasteiger partial charge in [-0.15, -0.1) is 0 Å². The van der Waals surface area contributed by atoms with Gasteiger partial charge >= 0.3 is 5.97 Å². The van der Waals surface area contributed by atoms with Gasteiger partial charge in [-0.2, -0.15) is 0 Å². The molecule has 0 saturated heterocycles. The van der Waals surface area contributed by atoms with Crippen LogP contribution < -0.4 is 5.11 Å². The van der Waals surface area contributed by atoms with Crippen molar-refractivity contribution in [3.63, 3.8) is 0 Å². The first-order valence-electron chi connectivity index (χ1n) is 6.97. The number of aliphatic hydroxyl groups excluding tert-OH is 2. The van der Waals surface area contributed by atoms with E-state index in [0.29, 0.717) is 5.56 Å². The highest BCUT2D eigenvalue weighted by molar-refractivity contribution is 5.88. The van der Waals surface area contributed by atoms with Crippen LogP contribution in [0.25, 0.3) is 6.08 Å². The number of phenols is 2. The van der Waals surface area contributed by atoms with Gasteiger partial charge in [-0.3, -0.25) is 0 Å². The van der Waals surface area contributed by atoms with Crippen LogP contribution in [0.4, 0.5) is 0 Å². The molecular weight excluding hydrogens is 320 g/mol. The fraction of sp³-hybridized carbons (Fsp3) is 0.250. The Bertz CT molecular complexity index is 706. The van der Waals surface area contributed by atoms with E-state index in [1.165, 1.54) is 24.3 Å². The molecule has 3 unspecified atom stereocenters. The number of carboxylic acids is 1. The van der Waals surface area contributed by atoms with Crippen molar-refractivity contribution in [3.05, 3.63) is 41.5 Å². The SMILES string of the molecule is O=C(/C=C/c1ccc(O)c(O)c1)OC1CC(C(=O)[O-])=CC(O)C1O. The topological polar surface area (TPSA) is 147 Å². The molecule has 8 nitrogen and oxygen atoms in total. The van der Waals surface area contributed by atoms with Gasteiger partial charge in [-0.05, 0) is 35.4 Å². The average molecular weight is 335 g/mol. The molecule has 0 saturated carbocycles. The number of aliphatic carboxylic acids is 1. The summed E-state index contributed by atoms with van der Waals surface area (Å²) in [7, 11) is 0. The van der Waals surface area contributed by atoms with Crippen LogP contribution in [0.1, 0.15) is 12.0 Å². The van der Waals surface area contributed by atoms with E-state index in [1.54, 1.807) is 0 Å². The minimum Gasteiger partial charge on any atom is -0.545 e. The quantitative estimate of drug-likeness (QED) is 0.305. The molecule has 128 valence electrons. The lowest BCUT2D eigenvalue weighted by atomic mass is 9.92. The number of aliphatic hydroxyl groups is 2. The van der Waals surface area contributed by atoms with Crippen molar-refractivity contribution < 1.29 is 39.9 Å². The smallest absolute Gasteiger partial charge is 0.331 e. The molecule has 1 aliphatic rings. The summed E-state index contributed by atoms with van der Waals surface area (Å²) in [6.07, 6.45) is -1.22. The first kappa shape index (κ1) is 17.5. The Morgan fingerprint density at radius 1 is 1.21 bits per heavy atom. The van der Waals surface area contributed by atoms with E-state index in [9.17, 15) is 35.1 Å². The van der Waals surface area contributed by atoms with Crippen molar-refractivity contribution in [2.24, 2.45) is 0 Å². The summed E-state index contributed by atoms with van der Waals surface area (Å²) in [4.78, 5) is 22.6. The summed E-state index contributed by atoms with van der Waals surface area (Å²) in [5.41, 5.74) is 0.139. The Hall–Kier alpha value is -2.84. The van der Waals surface area contributed by atoms with E-state index in [0.717, 1.165) is 12.2 Å². The number of carboxylic acid groups (broad SMARTS) is 1. The van der Waals surface area contributed by atoms with E-state index in [2.05, 4.69) is 0 Å². The lowest BCUT2D eigenvalue weighted by molar-refractivity contribution is -0.300. The number of phenolic OH excluding ortho intramolecular Hbond substituents is 2. The van der Waals surface area contributed by atoms with E-state index in [-0.39, 0.29) is 23.5 Å². The lowest BCUT2D eigenvalue weighted by Crippen LogP contribution is -2.44. The zero-order chi connectivity index (χ0) is 17.9. The highest BCUT2D eigenvalue weighted by Gasteiger charge is 2.33. The molecule has 24 heavy (non-hydrogen) atoms. The molecule has 0 aromatic heterocycles. The van der Waals surface area contributed by atoms with Gasteiger partial charge in [0, 0.05) is 12.5 Å². The normalized spacial score (nSPS) is 23.8. The maximum absolute atomic E-state index is 11.8. The van der Waals surface area contributed by atoms with Crippen molar-refractivity contribution in [1.82, 2.24) is 0 Å². The van der Waals surface area contributed by atoms with E-state index in [1.807, 2.05) is 0 Å². The van der Waals surface area contributed by atoms with Crippen LogP contribution in [-0.4, -0.2) is 50.7 Å². The van der Waals surface area contributed by atoms with Gasteiger partial charge in [-0.25, -0.2) is 4.79 Å². The van der Waals surface area contributed by atoms with Gasteiger partial charge < -0.3 is 35.1 Å². The van der Waals surface area contributed by atoms with Crippen LogP contribution >= 0.6 is 0 Å². The molecule has 0 bridgehead atoms. The molecule has 1 aromatic rings. The number of carbonyl (C=O) groups is 2. The van der Waals surface area contributed by atoms with Crippen molar-refractivity contribution in [3.8, 4) is 11.5 Å². The first-order valence-corrected chi connectivity index (χ1v) is 6.97. The molecule has 1 aromatic carbocycles. The molecule has 0 spiro atoms. The van der Waals surface area contributed by atoms with Gasteiger partial charge in [0.05, 0.1) is 5.97 Å². The van der Waals surface area contributed by atoms with Gasteiger partial charge in [0.1, 0.15) is 18.3 Å². The summed E-state index contributed by atoms with van der Waals surface area (Å²) in [6.45, 7) is 0. The predicted molar refractivity (Wildman–Crippen MR) is 78.4 cm³/mol. The Kier molecular flexibility index (Phi) is 5.22. The fourth-order valence-corrected chi connectivity index (χ4v) is 2.19. The van der Waals surface area contributed by atoms with Crippen LogP contribution in [0.2, 0.25) is 0 Å². The fourth-order valence-electron chi connectivity index (χ4n) is 2.19. The summed E-state index contributed by atoms with van der Waals surface area (Å²) in [6, 6.07) is 3.89. The monoisotopic (exact) mass is 335 g/mol. The molecule has 0 heterocycles. The Morgan fingerprint density at radius 2 is 1.92 bits per heavy atom. The third-order valence-electron chi connectivity index (χ3n) is 3.46. The lowest BCUT2D eigenvalue weighted by Gasteiger charge is -2.30. The molecule has 0 aliphatic heterocycles. The highest BCUT2D eigenvalue weighted by atomic mass is 16.6. The second-order valence-electron chi connectivity index (χ2n) is 5.22. The molecule has 0 radical (unpaired) electrons. The van der Waals surface area contributed by atoms with E-state index in [4.69, 9.17) is 4.74 Å². The zero-order valence-electron chi connectivity index (χ0n) is 12.3. The summed E-state index contributed by atoms with van der Waals surface area (Å²) in [5, 5.41) is 48.7. The van der Waals surface area contributed by atoms with Gasteiger partial charge in [0.2, 0.25) is 0 Å². The van der Waals surface area contributed by atoms with E-state index < -0.39 is 30.3 Å². The van der Waals surface area contributed by atoms with Gasteiger partial charge in [0.15, 0.2) is 11.5 Å². The number of hydrogen-bond acceptors (Lipinski definition) is 8. The molecule has 8 heteroatoms. The third kappa shape index (κ3) is 4.12. The molecule has 2 rings (SSSR count). The van der Waals surface area contributed by atoms with Crippen LogP contribution in [0.5, 0.6) is 11.5 Å². The number of carbonyl (C=O) groups excluding carboxylic acids is 2. The molecule has 4 N–H and O–H groups in total. The van der Waals surface area contributed by atoms with Crippen molar-refractivity contribution in [2.45, 2.75) is 24.7 Å². The number of ether oxygens (including phenoxy) is 1. The molecule has 0 amide bonds. The highest BCUT2D eigenvalue weighted by Crippen LogP contribution is 2.25. The van der Waals surface area contributed by atoms with Crippen LogP contribution in [-0.2, 0) is 14.3 Å². The van der Waals surface area contributed by atoms with Gasteiger partial charge in [-0.1, -0.05) is 6.07 Å². The van der Waals surface area contributed by atoms with Crippen molar-refractivity contribution >= 4 is 18.0 Å². The van der Waals surface area contributed by atoms with Crippen LogP contribution in [0.15, 0.2) is 35.9 Å². The number of benzene rings is 1. The maximum atomic E-state index is 11.8. The first-order chi connectivity index (χ1) is 11.3. The summed E-state index contributed by atoms with van der Waals surface area (Å²) < 4.78 is 4.95. The van der Waals surface area contributed by atoms with Crippen molar-refractivity contribution in [2.75, 3.05) is 0 Å². The predicted octanol–water partition coefficient (Wildman–Crippen LogP) is -1.18. The standard InChI is InChI=1S/C16H16O8/c17-10-3-1-8(5-11(10)18)2-4-14(20)24-13-7-9(16(22)23)6-12(19)15(13)21/h1-6,12-13,15,17-19,21H,7H2,(H,22,23)/p-1/b4-2+. The van der Waals surface area contributed by atoms with Gasteiger partial charge in [0.25, 0.3) is 0 Å². The minimum absolute atomic E-state index is 0.266. The largest absolute Gasteiger partial charge is 0.545 e. The third-order valence-corrected chi connectivity index (χ3v) is 3.46. The Balaban J connectivity index is 2.03. The second kappa shape index (κ2) is 7.16. The van der Waals surface area contributed by atoms with Crippen molar-refractivity contribution in [1.29, 1.82) is 0 Å².